The number of ketones is 2. The smallest absolute Gasteiger partial charge is 0.317 e. The summed E-state index contributed by atoms with van der Waals surface area (Å²) in [6.45, 7) is 12.1. The number of nitrogen functional groups attached to an aromatic ring is 2. The summed E-state index contributed by atoms with van der Waals surface area (Å²) in [5.74, 6) is 1.79. The van der Waals surface area contributed by atoms with Crippen molar-refractivity contribution in [2.75, 3.05) is 57.3 Å². The van der Waals surface area contributed by atoms with E-state index in [2.05, 4.69) is 43.2 Å². The molecule has 52 heavy (non-hydrogen) atoms. The monoisotopic (exact) mass is 738 g/mol. The maximum absolute atomic E-state index is 13.4. The van der Waals surface area contributed by atoms with Crippen LogP contribution in [0.1, 0.15) is 107 Å². The summed E-state index contributed by atoms with van der Waals surface area (Å²) in [6, 6.07) is 5.99. The van der Waals surface area contributed by atoms with Crippen LogP contribution in [0.5, 0.6) is 5.75 Å². The van der Waals surface area contributed by atoms with Crippen LogP contribution in [-0.4, -0.2) is 87.8 Å². The lowest BCUT2D eigenvalue weighted by Crippen LogP contribution is -2.45. The first kappa shape index (κ1) is 39.2. The van der Waals surface area contributed by atoms with Gasteiger partial charge in [-0.25, -0.2) is 23.9 Å². The number of likely N-dealkylation sites (tertiary alicyclic amines) is 2. The predicted octanol–water partition coefficient (Wildman–Crippen LogP) is 5.37. The van der Waals surface area contributed by atoms with Gasteiger partial charge in [-0.3, -0.25) is 9.59 Å². The number of imidazole rings is 1. The molecule has 0 spiro atoms. The number of piperidine rings is 2. The molecule has 3 aromatic rings. The SMILES string of the molecule is CCCCCCN1CCC(CC(=O)COc2ccc3c(c2)n(C2CCN(C(=O)NCC)CC2)c(CCC(=O)c2nc(Cl)c(N)nc2N)[n+]3CC)CC1. The fraction of sp³-hybridized carbons (Fsp3) is 0.632. The van der Waals surface area contributed by atoms with E-state index in [1.54, 1.807) is 0 Å². The van der Waals surface area contributed by atoms with E-state index >= 15 is 0 Å². The Hall–Kier alpha value is -3.97. The van der Waals surface area contributed by atoms with Gasteiger partial charge in [-0.2, -0.15) is 0 Å². The lowest BCUT2D eigenvalue weighted by Gasteiger charge is -2.31. The van der Waals surface area contributed by atoms with Crippen LogP contribution in [0.2, 0.25) is 5.15 Å². The number of rotatable bonds is 17. The quantitative estimate of drug-likeness (QED) is 0.0938. The Kier molecular flexibility index (Phi) is 14.1. The van der Waals surface area contributed by atoms with Crippen LogP contribution in [0.15, 0.2) is 18.2 Å². The number of benzene rings is 1. The number of ether oxygens (including phenoxy) is 1. The molecule has 2 aliphatic rings. The van der Waals surface area contributed by atoms with Crippen molar-refractivity contribution in [2.45, 2.75) is 104 Å². The molecule has 284 valence electrons. The van der Waals surface area contributed by atoms with E-state index in [9.17, 15) is 14.4 Å². The lowest BCUT2D eigenvalue weighted by molar-refractivity contribution is -0.676. The van der Waals surface area contributed by atoms with Gasteiger partial charge in [-0.05, 0) is 70.8 Å². The van der Waals surface area contributed by atoms with E-state index in [1.807, 2.05) is 30.0 Å². The zero-order valence-corrected chi connectivity index (χ0v) is 31.9. The van der Waals surface area contributed by atoms with Crippen LogP contribution in [0.4, 0.5) is 16.4 Å². The molecule has 13 nitrogen and oxygen atoms in total. The second-order valence-electron chi connectivity index (χ2n) is 14.2. The molecule has 0 saturated carbocycles. The summed E-state index contributed by atoms with van der Waals surface area (Å²) in [4.78, 5) is 51.6. The third-order valence-corrected chi connectivity index (χ3v) is 10.8. The Morgan fingerprint density at radius 3 is 2.42 bits per heavy atom. The number of Topliss-reactive ketones (excluding diaryl/α,β-unsaturated/α-hetero) is 2. The molecule has 5 N–H and O–H groups in total. The Labute approximate surface area is 312 Å². The highest BCUT2D eigenvalue weighted by Crippen LogP contribution is 2.32. The van der Waals surface area contributed by atoms with Crippen LogP contribution in [0.3, 0.4) is 0 Å². The van der Waals surface area contributed by atoms with Crippen LogP contribution in [-0.2, 0) is 17.8 Å². The summed E-state index contributed by atoms with van der Waals surface area (Å²) in [7, 11) is 0. The highest BCUT2D eigenvalue weighted by molar-refractivity contribution is 6.31. The zero-order valence-electron chi connectivity index (χ0n) is 31.2. The molecular formula is C38H57ClN9O4+. The van der Waals surface area contributed by atoms with E-state index < -0.39 is 0 Å². The van der Waals surface area contributed by atoms with Gasteiger partial charge in [0.25, 0.3) is 5.82 Å². The Balaban J connectivity index is 1.31. The Bertz CT molecular complexity index is 1700. The largest absolute Gasteiger partial charge is 0.486 e. The molecule has 0 atom stereocenters. The van der Waals surface area contributed by atoms with Crippen LogP contribution in [0, 0.1) is 5.92 Å². The van der Waals surface area contributed by atoms with E-state index in [0.29, 0.717) is 50.7 Å². The van der Waals surface area contributed by atoms with E-state index in [-0.39, 0.29) is 59.1 Å². The topological polar surface area (TPSA) is 166 Å². The van der Waals surface area contributed by atoms with Gasteiger partial charge in [0, 0.05) is 51.4 Å². The van der Waals surface area contributed by atoms with E-state index in [4.69, 9.17) is 27.8 Å². The summed E-state index contributed by atoms with van der Waals surface area (Å²) in [5.41, 5.74) is 13.7. The number of halogens is 1. The van der Waals surface area contributed by atoms with Crippen molar-refractivity contribution < 1.29 is 23.7 Å². The summed E-state index contributed by atoms with van der Waals surface area (Å²) in [5, 5.41) is 2.85. The molecular weight excluding hydrogens is 682 g/mol. The highest BCUT2D eigenvalue weighted by atomic mass is 35.5. The van der Waals surface area contributed by atoms with Crippen molar-refractivity contribution in [2.24, 2.45) is 5.92 Å². The Morgan fingerprint density at radius 2 is 1.73 bits per heavy atom. The number of nitrogens with two attached hydrogens (primary N) is 2. The molecule has 5 rings (SSSR count). The molecule has 1 aromatic carbocycles. The minimum atomic E-state index is -0.280. The number of hydrogen-bond acceptors (Lipinski definition) is 9. The van der Waals surface area contributed by atoms with Crippen molar-refractivity contribution in [1.82, 2.24) is 29.7 Å². The molecule has 0 bridgehead atoms. The predicted molar refractivity (Wildman–Crippen MR) is 204 cm³/mol. The van der Waals surface area contributed by atoms with Gasteiger partial charge in [-0.15, -0.1) is 0 Å². The number of urea groups is 1. The van der Waals surface area contributed by atoms with Crippen molar-refractivity contribution >= 4 is 51.9 Å². The number of nitrogens with zero attached hydrogens (tertiary/aromatic N) is 6. The molecule has 2 fully saturated rings. The third-order valence-electron chi connectivity index (χ3n) is 10.5. The minimum Gasteiger partial charge on any atom is -0.486 e. The first-order valence-electron chi connectivity index (χ1n) is 19.2. The van der Waals surface area contributed by atoms with Crippen molar-refractivity contribution in [3.63, 3.8) is 0 Å². The van der Waals surface area contributed by atoms with Gasteiger partial charge in [0.05, 0.1) is 13.0 Å². The molecule has 2 saturated heterocycles. The first-order chi connectivity index (χ1) is 25.1. The molecule has 2 aromatic heterocycles. The molecule has 2 aliphatic heterocycles. The number of hydrogen-bond donors (Lipinski definition) is 3. The molecule has 0 radical (unpaired) electrons. The number of fused-ring (bicyclic) bond motifs is 1. The van der Waals surface area contributed by atoms with Gasteiger partial charge in [0.2, 0.25) is 0 Å². The number of carbonyl (C=O) groups is 3. The molecule has 0 aliphatic carbocycles. The number of nitrogens with one attached hydrogen (secondary N) is 1. The normalized spacial score (nSPS) is 16.0. The fourth-order valence-corrected chi connectivity index (χ4v) is 7.87. The number of unbranched alkanes of at least 4 members (excludes halogenated alkanes) is 3. The van der Waals surface area contributed by atoms with Gasteiger partial charge in [-0.1, -0.05) is 37.8 Å². The van der Waals surface area contributed by atoms with E-state index in [0.717, 1.165) is 62.2 Å². The molecule has 4 heterocycles. The maximum atomic E-state index is 13.4. The maximum Gasteiger partial charge on any atom is 0.317 e. The second-order valence-corrected chi connectivity index (χ2v) is 14.5. The summed E-state index contributed by atoms with van der Waals surface area (Å²) >= 11 is 6.08. The molecule has 14 heteroatoms. The fourth-order valence-electron chi connectivity index (χ4n) is 7.74. The van der Waals surface area contributed by atoms with Gasteiger partial charge < -0.3 is 31.3 Å². The van der Waals surface area contributed by atoms with Crippen LogP contribution >= 0.6 is 11.6 Å². The molecule has 0 unspecified atom stereocenters. The van der Waals surface area contributed by atoms with Crippen molar-refractivity contribution in [3.8, 4) is 5.75 Å². The number of amides is 2. The van der Waals surface area contributed by atoms with Crippen molar-refractivity contribution in [1.29, 1.82) is 0 Å². The average Bonchev–Trinajstić information content (AvgIpc) is 3.46. The molecule has 2 amide bonds. The average molecular weight is 739 g/mol. The van der Waals surface area contributed by atoms with Crippen LogP contribution < -0.4 is 26.1 Å². The number of aryl methyl sites for hydroxylation is 1. The second kappa shape index (κ2) is 18.7. The number of anilines is 2. The highest BCUT2D eigenvalue weighted by Gasteiger charge is 2.34. The van der Waals surface area contributed by atoms with Crippen molar-refractivity contribution in [3.05, 3.63) is 34.9 Å². The first-order valence-corrected chi connectivity index (χ1v) is 19.6. The lowest BCUT2D eigenvalue weighted by atomic mass is 9.91. The number of carbonyl (C=O) groups excluding carboxylic acids is 3. The standard InChI is InChI=1S/C38H56ClN9O4/c1-4-7-8-9-18-45-19-14-26(15-20-45)23-28(49)25-52-29-10-11-30-31(24-29)48(27-16-21-46(22-17-27)38(51)42-5-2)33(47(30)6-3)13-12-32(50)34-36(40)44-37(41)35(39)43-34/h10-11,24,26-27H,4-9,12-23,25H2,1-3H3,(H4-,40,41,42,44,50,51)/p+1. The summed E-state index contributed by atoms with van der Waals surface area (Å²) in [6.07, 6.45) is 9.82. The Morgan fingerprint density at radius 1 is 0.981 bits per heavy atom. The van der Waals surface area contributed by atoms with Gasteiger partial charge in [0.1, 0.15) is 24.1 Å². The van der Waals surface area contributed by atoms with Gasteiger partial charge in [0.15, 0.2) is 39.4 Å². The third kappa shape index (κ3) is 9.71. The van der Waals surface area contributed by atoms with Crippen LogP contribution in [0.25, 0.3) is 11.0 Å². The number of aromatic nitrogens is 4. The zero-order chi connectivity index (χ0) is 37.2. The minimum absolute atomic E-state index is 0.00784. The van der Waals surface area contributed by atoms with E-state index in [1.165, 1.54) is 25.7 Å². The summed E-state index contributed by atoms with van der Waals surface area (Å²) < 4.78 is 10.7. The van der Waals surface area contributed by atoms with Gasteiger partial charge >= 0.3 is 6.03 Å².